The van der Waals surface area contributed by atoms with Gasteiger partial charge in [0.25, 0.3) is 0 Å². The first-order chi connectivity index (χ1) is 12.1. The fourth-order valence-electron chi connectivity index (χ4n) is 2.98. The number of benzene rings is 1. The predicted molar refractivity (Wildman–Crippen MR) is 104 cm³/mol. The molecule has 0 radical (unpaired) electrons. The number of carbonyl (C=O) groups is 1. The molecule has 0 saturated heterocycles. The average molecular weight is 356 g/mol. The number of nitrogens with one attached hydrogen (secondary N) is 2. The van der Waals surface area contributed by atoms with Crippen molar-refractivity contribution in [3.8, 4) is 0 Å². The quantitative estimate of drug-likeness (QED) is 0.680. The Hall–Kier alpha value is -2.21. The molecule has 132 valence electrons. The molecule has 0 fully saturated rings. The molecule has 1 amide bonds. The summed E-state index contributed by atoms with van der Waals surface area (Å²) in [4.78, 5) is 20.6. The zero-order valence-electron chi connectivity index (χ0n) is 14.9. The van der Waals surface area contributed by atoms with Crippen LogP contribution >= 0.6 is 11.8 Å². The first-order valence-corrected chi connectivity index (χ1v) is 9.83. The molecule has 1 atom stereocenters. The number of nitrogens with zero attached hydrogens (tertiary/aromatic N) is 2. The van der Waals surface area contributed by atoms with Crippen LogP contribution in [0.4, 0.5) is 0 Å². The van der Waals surface area contributed by atoms with Crippen LogP contribution in [-0.2, 0) is 11.3 Å². The third-order valence-electron chi connectivity index (χ3n) is 4.40. The van der Waals surface area contributed by atoms with Crippen LogP contribution in [0.5, 0.6) is 0 Å². The van der Waals surface area contributed by atoms with Gasteiger partial charge in [0.15, 0.2) is 0 Å². The summed E-state index contributed by atoms with van der Waals surface area (Å²) >= 11 is 1.77. The molecule has 25 heavy (non-hydrogen) atoms. The van der Waals surface area contributed by atoms with E-state index in [1.54, 1.807) is 11.8 Å². The van der Waals surface area contributed by atoms with Crippen LogP contribution in [0.1, 0.15) is 29.7 Å². The van der Waals surface area contributed by atoms with Gasteiger partial charge in [-0.25, -0.2) is 4.98 Å². The summed E-state index contributed by atoms with van der Waals surface area (Å²) in [6.45, 7) is 4.37. The molecule has 2 aromatic heterocycles. The summed E-state index contributed by atoms with van der Waals surface area (Å²) in [5.74, 6) is 1.79. The number of para-hydroxylation sites is 2. The van der Waals surface area contributed by atoms with Gasteiger partial charge < -0.3 is 14.9 Å². The number of thioether (sulfide) groups is 1. The molecule has 0 bridgehead atoms. The number of aryl methyl sites for hydroxylation is 2. The number of carbonyl (C=O) groups excluding carboxylic acids is 1. The lowest BCUT2D eigenvalue weighted by molar-refractivity contribution is -0.122. The SMILES string of the molecule is CSCC[C@H](NC(=O)Cn1c(C)ccc1C)c1nc2ccccc2[nH]1. The number of amides is 1. The van der Waals surface area contributed by atoms with Crippen LogP contribution in [0.2, 0.25) is 0 Å². The van der Waals surface area contributed by atoms with Gasteiger partial charge in [0.1, 0.15) is 12.4 Å². The minimum atomic E-state index is -0.108. The van der Waals surface area contributed by atoms with Gasteiger partial charge in [0, 0.05) is 11.4 Å². The van der Waals surface area contributed by atoms with E-state index in [0.717, 1.165) is 40.4 Å². The Morgan fingerprint density at radius 3 is 2.64 bits per heavy atom. The topological polar surface area (TPSA) is 62.7 Å². The third-order valence-corrected chi connectivity index (χ3v) is 5.05. The third kappa shape index (κ3) is 4.07. The molecule has 3 aromatic rings. The van der Waals surface area contributed by atoms with Crippen molar-refractivity contribution in [1.82, 2.24) is 19.9 Å². The van der Waals surface area contributed by atoms with Gasteiger partial charge in [-0.15, -0.1) is 0 Å². The number of imidazole rings is 1. The molecular formula is C19H24N4OS. The summed E-state index contributed by atoms with van der Waals surface area (Å²) in [6.07, 6.45) is 2.92. The fourth-order valence-corrected chi connectivity index (χ4v) is 3.45. The molecule has 1 aromatic carbocycles. The number of hydrogen-bond donors (Lipinski definition) is 2. The zero-order valence-corrected chi connectivity index (χ0v) is 15.7. The number of H-pyrrole nitrogens is 1. The largest absolute Gasteiger partial charge is 0.345 e. The second kappa shape index (κ2) is 7.78. The molecule has 0 spiro atoms. The van der Waals surface area contributed by atoms with E-state index in [4.69, 9.17) is 0 Å². The lowest BCUT2D eigenvalue weighted by Crippen LogP contribution is -2.33. The molecule has 0 unspecified atom stereocenters. The van der Waals surface area contributed by atoms with Crippen molar-refractivity contribution in [2.24, 2.45) is 0 Å². The number of aromatic nitrogens is 3. The number of rotatable bonds is 7. The lowest BCUT2D eigenvalue weighted by Gasteiger charge is -2.17. The maximum Gasteiger partial charge on any atom is 0.240 e. The molecular weight excluding hydrogens is 332 g/mol. The molecule has 2 N–H and O–H groups in total. The highest BCUT2D eigenvalue weighted by Gasteiger charge is 2.19. The molecule has 5 nitrogen and oxygen atoms in total. The van der Waals surface area contributed by atoms with E-state index in [2.05, 4.69) is 21.5 Å². The highest BCUT2D eigenvalue weighted by Crippen LogP contribution is 2.20. The number of hydrogen-bond acceptors (Lipinski definition) is 3. The molecule has 0 aliphatic rings. The second-order valence-electron chi connectivity index (χ2n) is 6.24. The Balaban J connectivity index is 1.77. The van der Waals surface area contributed by atoms with E-state index < -0.39 is 0 Å². The zero-order chi connectivity index (χ0) is 17.8. The Bertz CT molecular complexity index is 815. The van der Waals surface area contributed by atoms with Gasteiger partial charge >= 0.3 is 0 Å². The maximum absolute atomic E-state index is 12.6. The molecule has 6 heteroatoms. The maximum atomic E-state index is 12.6. The highest BCUT2D eigenvalue weighted by atomic mass is 32.2. The van der Waals surface area contributed by atoms with Crippen molar-refractivity contribution >= 4 is 28.7 Å². The minimum absolute atomic E-state index is 0.00830. The number of fused-ring (bicyclic) bond motifs is 1. The van der Waals surface area contributed by atoms with E-state index >= 15 is 0 Å². The van der Waals surface area contributed by atoms with Crippen LogP contribution in [0.25, 0.3) is 11.0 Å². The first kappa shape index (κ1) is 17.6. The Morgan fingerprint density at radius 2 is 1.96 bits per heavy atom. The van der Waals surface area contributed by atoms with Crippen LogP contribution in [0.15, 0.2) is 36.4 Å². The van der Waals surface area contributed by atoms with E-state index in [1.807, 2.05) is 54.8 Å². The predicted octanol–water partition coefficient (Wildman–Crippen LogP) is 3.59. The molecule has 3 rings (SSSR count). The average Bonchev–Trinajstić information content (AvgIpc) is 3.17. The van der Waals surface area contributed by atoms with Gasteiger partial charge in [-0.1, -0.05) is 12.1 Å². The summed E-state index contributed by atoms with van der Waals surface area (Å²) in [7, 11) is 0. The van der Waals surface area contributed by atoms with Crippen molar-refractivity contribution in [2.75, 3.05) is 12.0 Å². The highest BCUT2D eigenvalue weighted by molar-refractivity contribution is 7.98. The molecule has 2 heterocycles. The van der Waals surface area contributed by atoms with E-state index in [9.17, 15) is 4.79 Å². The fraction of sp³-hybridized carbons (Fsp3) is 0.368. The van der Waals surface area contributed by atoms with E-state index in [1.165, 1.54) is 0 Å². The van der Waals surface area contributed by atoms with Crippen molar-refractivity contribution in [3.05, 3.63) is 53.6 Å². The van der Waals surface area contributed by atoms with Crippen LogP contribution in [0, 0.1) is 13.8 Å². The van der Waals surface area contributed by atoms with Crippen molar-refractivity contribution in [1.29, 1.82) is 0 Å². The molecule has 0 saturated carbocycles. The van der Waals surface area contributed by atoms with Gasteiger partial charge in [0.05, 0.1) is 17.1 Å². The monoisotopic (exact) mass is 356 g/mol. The summed E-state index contributed by atoms with van der Waals surface area (Å²) in [6, 6.07) is 11.9. The van der Waals surface area contributed by atoms with Gasteiger partial charge in [-0.2, -0.15) is 11.8 Å². The van der Waals surface area contributed by atoms with Crippen molar-refractivity contribution in [2.45, 2.75) is 32.9 Å². The second-order valence-corrected chi connectivity index (χ2v) is 7.23. The van der Waals surface area contributed by atoms with Gasteiger partial charge in [0.2, 0.25) is 5.91 Å². The Labute approximate surface area is 152 Å². The summed E-state index contributed by atoms with van der Waals surface area (Å²) in [5.41, 5.74) is 4.12. The van der Waals surface area contributed by atoms with Gasteiger partial charge in [-0.3, -0.25) is 4.79 Å². The normalized spacial score (nSPS) is 12.4. The van der Waals surface area contributed by atoms with Crippen LogP contribution < -0.4 is 5.32 Å². The molecule has 0 aliphatic heterocycles. The lowest BCUT2D eigenvalue weighted by atomic mass is 10.2. The Kier molecular flexibility index (Phi) is 5.48. The smallest absolute Gasteiger partial charge is 0.240 e. The number of aromatic amines is 1. The van der Waals surface area contributed by atoms with Crippen molar-refractivity contribution in [3.63, 3.8) is 0 Å². The van der Waals surface area contributed by atoms with Crippen molar-refractivity contribution < 1.29 is 4.79 Å². The van der Waals surface area contributed by atoms with Crippen LogP contribution in [-0.4, -0.2) is 32.5 Å². The summed E-state index contributed by atoms with van der Waals surface area (Å²) < 4.78 is 2.03. The van der Waals surface area contributed by atoms with E-state index in [0.29, 0.717) is 6.54 Å². The minimum Gasteiger partial charge on any atom is -0.345 e. The van der Waals surface area contributed by atoms with Gasteiger partial charge in [-0.05, 0) is 56.5 Å². The Morgan fingerprint density at radius 1 is 1.24 bits per heavy atom. The van der Waals surface area contributed by atoms with Crippen LogP contribution in [0.3, 0.4) is 0 Å². The summed E-state index contributed by atoms with van der Waals surface area (Å²) in [5, 5.41) is 3.15. The molecule has 0 aliphatic carbocycles. The first-order valence-electron chi connectivity index (χ1n) is 8.44. The van der Waals surface area contributed by atoms with E-state index in [-0.39, 0.29) is 11.9 Å². The standard InChI is InChI=1S/C19H24N4OS/c1-13-8-9-14(2)23(13)12-18(24)20-17(10-11-25-3)19-21-15-6-4-5-7-16(15)22-19/h4-9,17H,10-12H2,1-3H3,(H,20,24)(H,21,22)/t17-/m0/s1.